The highest BCUT2D eigenvalue weighted by Crippen LogP contribution is 2.30. The van der Waals surface area contributed by atoms with E-state index in [2.05, 4.69) is 10.2 Å². The van der Waals surface area contributed by atoms with Crippen LogP contribution in [0.3, 0.4) is 0 Å². The molecule has 0 aliphatic carbocycles. The molecule has 2 heterocycles. The summed E-state index contributed by atoms with van der Waals surface area (Å²) in [6.07, 6.45) is 3.18. The second-order valence-electron chi connectivity index (χ2n) is 5.89. The van der Waals surface area contributed by atoms with Crippen molar-refractivity contribution in [2.24, 2.45) is 0 Å². The third-order valence-corrected chi connectivity index (χ3v) is 5.11. The van der Waals surface area contributed by atoms with Gasteiger partial charge in [-0.25, -0.2) is 4.39 Å². The van der Waals surface area contributed by atoms with Crippen molar-refractivity contribution in [1.82, 2.24) is 10.2 Å². The molecule has 3 nitrogen and oxygen atoms in total. The Morgan fingerprint density at radius 1 is 1.30 bits per heavy atom. The monoisotopic (exact) mass is 332 g/mol. The van der Waals surface area contributed by atoms with Crippen molar-refractivity contribution in [2.75, 3.05) is 13.1 Å². The third-order valence-electron chi connectivity index (χ3n) is 4.23. The van der Waals surface area contributed by atoms with Crippen LogP contribution in [0.2, 0.25) is 0 Å². The fraction of sp³-hybridized carbons (Fsp3) is 0.389. The lowest BCUT2D eigenvalue weighted by molar-refractivity contribution is -0.123. The van der Waals surface area contributed by atoms with E-state index in [4.69, 9.17) is 0 Å². The van der Waals surface area contributed by atoms with Crippen LogP contribution in [0.15, 0.2) is 41.8 Å². The van der Waals surface area contributed by atoms with Crippen LogP contribution in [0.4, 0.5) is 4.39 Å². The number of carbonyl (C=O) groups is 1. The molecule has 1 N–H and O–H groups in total. The number of piperidine rings is 1. The summed E-state index contributed by atoms with van der Waals surface area (Å²) in [5.41, 5.74) is 0.968. The second-order valence-corrected chi connectivity index (χ2v) is 6.93. The minimum absolute atomic E-state index is 0.0294. The average Bonchev–Trinajstić information content (AvgIpc) is 3.07. The number of benzene rings is 1. The number of nitrogens with zero attached hydrogens (tertiary/aromatic N) is 1. The lowest BCUT2D eigenvalue weighted by atomic mass is 9.95. The summed E-state index contributed by atoms with van der Waals surface area (Å²) in [7, 11) is 0. The molecule has 1 fully saturated rings. The summed E-state index contributed by atoms with van der Waals surface area (Å²) in [5.74, 6) is -0.183. The van der Waals surface area contributed by atoms with E-state index in [9.17, 15) is 9.18 Å². The van der Waals surface area contributed by atoms with Gasteiger partial charge in [0.1, 0.15) is 5.82 Å². The molecule has 1 aliphatic heterocycles. The van der Waals surface area contributed by atoms with Gasteiger partial charge in [-0.3, -0.25) is 9.69 Å². The number of rotatable bonds is 5. The van der Waals surface area contributed by atoms with Gasteiger partial charge in [0.25, 0.3) is 0 Å². The fourth-order valence-electron chi connectivity index (χ4n) is 3.11. The summed E-state index contributed by atoms with van der Waals surface area (Å²) >= 11 is 1.64. The van der Waals surface area contributed by atoms with Crippen molar-refractivity contribution < 1.29 is 9.18 Å². The minimum atomic E-state index is -0.213. The number of amides is 1. The highest BCUT2D eigenvalue weighted by Gasteiger charge is 2.25. The molecular weight excluding hydrogens is 311 g/mol. The number of thiophene rings is 1. The maximum atomic E-state index is 13.5. The molecule has 1 aromatic carbocycles. The zero-order chi connectivity index (χ0) is 16.1. The first-order valence-corrected chi connectivity index (χ1v) is 8.89. The zero-order valence-corrected chi connectivity index (χ0v) is 13.8. The van der Waals surface area contributed by atoms with Crippen LogP contribution in [0.25, 0.3) is 0 Å². The van der Waals surface area contributed by atoms with E-state index < -0.39 is 0 Å². The van der Waals surface area contributed by atoms with Crippen molar-refractivity contribution in [3.05, 3.63) is 58.0 Å². The molecule has 0 radical (unpaired) electrons. The fourth-order valence-corrected chi connectivity index (χ4v) is 3.76. The Hall–Kier alpha value is -1.72. The largest absolute Gasteiger partial charge is 0.350 e. The van der Waals surface area contributed by atoms with E-state index in [1.54, 1.807) is 23.5 Å². The van der Waals surface area contributed by atoms with E-state index in [0.29, 0.717) is 13.1 Å². The first-order chi connectivity index (χ1) is 11.2. The molecule has 0 bridgehead atoms. The Balaban J connectivity index is 1.61. The number of hydrogen-bond acceptors (Lipinski definition) is 3. The molecule has 0 unspecified atom stereocenters. The summed E-state index contributed by atoms with van der Waals surface area (Å²) in [6.45, 7) is 1.83. The molecule has 5 heteroatoms. The highest BCUT2D eigenvalue weighted by atomic mass is 32.1. The van der Waals surface area contributed by atoms with Crippen molar-refractivity contribution in [3.63, 3.8) is 0 Å². The lowest BCUT2D eigenvalue weighted by Crippen LogP contribution is -2.41. The molecule has 1 saturated heterocycles. The van der Waals surface area contributed by atoms with Gasteiger partial charge in [-0.15, -0.1) is 11.3 Å². The summed E-state index contributed by atoms with van der Waals surface area (Å²) in [4.78, 5) is 15.5. The Labute approximate surface area is 140 Å². The minimum Gasteiger partial charge on any atom is -0.350 e. The predicted octanol–water partition coefficient (Wildman–Crippen LogP) is 3.73. The molecular formula is C18H21FN2OS. The second kappa shape index (κ2) is 7.70. The van der Waals surface area contributed by atoms with E-state index in [1.165, 1.54) is 6.07 Å². The van der Waals surface area contributed by atoms with E-state index in [-0.39, 0.29) is 17.8 Å². The highest BCUT2D eigenvalue weighted by molar-refractivity contribution is 7.09. The number of carbonyl (C=O) groups excluding carboxylic acids is 1. The van der Waals surface area contributed by atoms with Gasteiger partial charge in [-0.2, -0.15) is 0 Å². The van der Waals surface area contributed by atoms with Crippen LogP contribution in [-0.4, -0.2) is 23.9 Å². The summed E-state index contributed by atoms with van der Waals surface area (Å²) in [5, 5.41) is 4.98. The van der Waals surface area contributed by atoms with Gasteiger partial charge in [-0.05, 0) is 48.5 Å². The average molecular weight is 332 g/mol. The molecule has 3 rings (SSSR count). The van der Waals surface area contributed by atoms with E-state index in [0.717, 1.165) is 36.2 Å². The third kappa shape index (κ3) is 4.39. The van der Waals surface area contributed by atoms with Gasteiger partial charge in [0.2, 0.25) is 5.91 Å². The smallest absolute Gasteiger partial charge is 0.234 e. The molecule has 1 aliphatic rings. The van der Waals surface area contributed by atoms with Gasteiger partial charge < -0.3 is 5.32 Å². The van der Waals surface area contributed by atoms with Crippen molar-refractivity contribution in [1.29, 1.82) is 0 Å². The normalized spacial score (nSPS) is 18.7. The lowest BCUT2D eigenvalue weighted by Gasteiger charge is -2.35. The molecule has 1 amide bonds. The first-order valence-electron chi connectivity index (χ1n) is 8.01. The Bertz CT molecular complexity index is 644. The van der Waals surface area contributed by atoms with Crippen molar-refractivity contribution in [3.8, 4) is 0 Å². The van der Waals surface area contributed by atoms with Gasteiger partial charge in [0, 0.05) is 10.9 Å². The molecule has 0 saturated carbocycles. The molecule has 122 valence electrons. The van der Waals surface area contributed by atoms with E-state index >= 15 is 0 Å². The standard InChI is InChI=1S/C18H21FN2OS/c19-15-6-3-5-14(11-15)17-8-1-2-9-21(17)13-18(22)20-12-16-7-4-10-23-16/h3-7,10-11,17H,1-2,8-9,12-13H2,(H,20,22)/t17-/m1/s1. The van der Waals surface area contributed by atoms with Gasteiger partial charge in [-0.1, -0.05) is 24.6 Å². The SMILES string of the molecule is O=C(CN1CCCC[C@@H]1c1cccc(F)c1)NCc1cccs1. The first kappa shape index (κ1) is 16.1. The van der Waals surface area contributed by atoms with Crippen LogP contribution >= 0.6 is 11.3 Å². The van der Waals surface area contributed by atoms with Crippen molar-refractivity contribution >= 4 is 17.2 Å². The van der Waals surface area contributed by atoms with Crippen molar-refractivity contribution in [2.45, 2.75) is 31.8 Å². The zero-order valence-electron chi connectivity index (χ0n) is 13.0. The summed E-state index contributed by atoms with van der Waals surface area (Å²) in [6, 6.07) is 10.9. The quantitative estimate of drug-likeness (QED) is 0.905. The molecule has 2 aromatic rings. The summed E-state index contributed by atoms with van der Waals surface area (Å²) < 4.78 is 13.5. The maximum absolute atomic E-state index is 13.5. The Morgan fingerprint density at radius 2 is 2.22 bits per heavy atom. The topological polar surface area (TPSA) is 32.3 Å². The molecule has 1 atom stereocenters. The Kier molecular flexibility index (Phi) is 5.41. The molecule has 23 heavy (non-hydrogen) atoms. The van der Waals surface area contributed by atoms with Crippen LogP contribution in [0, 0.1) is 5.82 Å². The van der Waals surface area contributed by atoms with Crippen LogP contribution in [0.1, 0.15) is 35.7 Å². The number of nitrogens with one attached hydrogen (secondary N) is 1. The molecule has 0 spiro atoms. The number of likely N-dealkylation sites (tertiary alicyclic amines) is 1. The predicted molar refractivity (Wildman–Crippen MR) is 90.7 cm³/mol. The number of hydrogen-bond donors (Lipinski definition) is 1. The van der Waals surface area contributed by atoms with Crippen LogP contribution < -0.4 is 5.32 Å². The van der Waals surface area contributed by atoms with Gasteiger partial charge >= 0.3 is 0 Å². The van der Waals surface area contributed by atoms with E-state index in [1.807, 2.05) is 23.6 Å². The van der Waals surface area contributed by atoms with Crippen LogP contribution in [-0.2, 0) is 11.3 Å². The maximum Gasteiger partial charge on any atom is 0.234 e. The van der Waals surface area contributed by atoms with Gasteiger partial charge in [0.15, 0.2) is 0 Å². The number of halogens is 1. The van der Waals surface area contributed by atoms with Crippen LogP contribution in [0.5, 0.6) is 0 Å². The Morgan fingerprint density at radius 3 is 3.00 bits per heavy atom. The molecule has 1 aromatic heterocycles. The van der Waals surface area contributed by atoms with Gasteiger partial charge in [0.05, 0.1) is 13.1 Å².